The van der Waals surface area contributed by atoms with Crippen molar-refractivity contribution in [3.63, 3.8) is 0 Å². The van der Waals surface area contributed by atoms with Gasteiger partial charge in [-0.15, -0.1) is 0 Å². The molecule has 0 fully saturated rings. The largest absolute Gasteiger partial charge is 0.356 e. The summed E-state index contributed by atoms with van der Waals surface area (Å²) >= 11 is 0. The quantitative estimate of drug-likeness (QED) is 0.588. The molecule has 1 atom stereocenters. The van der Waals surface area contributed by atoms with Crippen LogP contribution in [0.15, 0.2) is 0 Å². The Morgan fingerprint density at radius 2 is 2.17 bits per heavy atom. The highest BCUT2D eigenvalue weighted by molar-refractivity contribution is 5.76. The van der Waals surface area contributed by atoms with Crippen molar-refractivity contribution in [1.29, 1.82) is 0 Å². The van der Waals surface area contributed by atoms with Crippen LogP contribution in [0.1, 0.15) is 39.5 Å². The van der Waals surface area contributed by atoms with Crippen LogP contribution in [0.4, 0.5) is 0 Å². The molecule has 0 bridgehead atoms. The third-order valence-corrected chi connectivity index (χ3v) is 1.82. The number of carbonyl (C=O) groups excluding carboxylic acids is 1. The van der Waals surface area contributed by atoms with Gasteiger partial charge >= 0.3 is 0 Å². The summed E-state index contributed by atoms with van der Waals surface area (Å²) in [5.41, 5.74) is 5.62. The molecule has 3 N–H and O–H groups in total. The SMILES string of the molecule is CCCCNC(=O)CC(N)CC. The van der Waals surface area contributed by atoms with Crippen molar-refractivity contribution in [3.05, 3.63) is 0 Å². The first-order valence-electron chi connectivity index (χ1n) is 4.73. The van der Waals surface area contributed by atoms with Gasteiger partial charge in [0, 0.05) is 19.0 Å². The van der Waals surface area contributed by atoms with E-state index >= 15 is 0 Å². The second-order valence-corrected chi connectivity index (χ2v) is 3.08. The van der Waals surface area contributed by atoms with E-state index in [0.29, 0.717) is 6.42 Å². The molecular formula is C9H20N2O. The van der Waals surface area contributed by atoms with Crippen LogP contribution in [0.25, 0.3) is 0 Å². The van der Waals surface area contributed by atoms with Crippen molar-refractivity contribution in [2.45, 2.75) is 45.6 Å². The number of unbranched alkanes of at least 4 members (excludes halogenated alkanes) is 1. The van der Waals surface area contributed by atoms with Crippen molar-refractivity contribution < 1.29 is 4.79 Å². The lowest BCUT2D eigenvalue weighted by Crippen LogP contribution is -2.31. The Labute approximate surface area is 74.7 Å². The number of hydrogen-bond acceptors (Lipinski definition) is 2. The van der Waals surface area contributed by atoms with Crippen LogP contribution in [0.3, 0.4) is 0 Å². The third-order valence-electron chi connectivity index (χ3n) is 1.82. The average Bonchev–Trinajstić information content (AvgIpc) is 2.05. The minimum absolute atomic E-state index is 0.0200. The monoisotopic (exact) mass is 172 g/mol. The van der Waals surface area contributed by atoms with Gasteiger partial charge in [-0.1, -0.05) is 20.3 Å². The van der Waals surface area contributed by atoms with E-state index in [4.69, 9.17) is 5.73 Å². The highest BCUT2D eigenvalue weighted by Gasteiger charge is 2.05. The Morgan fingerprint density at radius 1 is 1.50 bits per heavy atom. The summed E-state index contributed by atoms with van der Waals surface area (Å²) < 4.78 is 0. The molecule has 3 nitrogen and oxygen atoms in total. The molecule has 1 unspecified atom stereocenters. The Bertz CT molecular complexity index is 126. The van der Waals surface area contributed by atoms with Crippen LogP contribution in [-0.2, 0) is 4.79 Å². The van der Waals surface area contributed by atoms with Gasteiger partial charge in [-0.2, -0.15) is 0 Å². The summed E-state index contributed by atoms with van der Waals surface area (Å²) in [6, 6.07) is 0.0200. The Morgan fingerprint density at radius 3 is 2.67 bits per heavy atom. The molecule has 0 aliphatic heterocycles. The molecule has 0 aromatic heterocycles. The molecule has 1 amide bonds. The van der Waals surface area contributed by atoms with Crippen LogP contribution in [0.2, 0.25) is 0 Å². The van der Waals surface area contributed by atoms with Crippen LogP contribution >= 0.6 is 0 Å². The predicted molar refractivity (Wildman–Crippen MR) is 50.8 cm³/mol. The van der Waals surface area contributed by atoms with Crippen LogP contribution in [0.5, 0.6) is 0 Å². The van der Waals surface area contributed by atoms with Crippen LogP contribution in [-0.4, -0.2) is 18.5 Å². The smallest absolute Gasteiger partial charge is 0.221 e. The van der Waals surface area contributed by atoms with Gasteiger partial charge in [0.25, 0.3) is 0 Å². The zero-order valence-corrected chi connectivity index (χ0v) is 8.10. The molecule has 0 heterocycles. The predicted octanol–water partition coefficient (Wildman–Crippen LogP) is 1.03. The molecule has 0 aliphatic carbocycles. The Hall–Kier alpha value is -0.570. The first kappa shape index (κ1) is 11.4. The van der Waals surface area contributed by atoms with Gasteiger partial charge in [0.15, 0.2) is 0 Å². The molecule has 0 spiro atoms. The summed E-state index contributed by atoms with van der Waals surface area (Å²) in [5.74, 6) is 0.0813. The first-order chi connectivity index (χ1) is 5.70. The molecule has 3 heteroatoms. The molecule has 72 valence electrons. The summed E-state index contributed by atoms with van der Waals surface area (Å²) in [5, 5.41) is 2.83. The van der Waals surface area contributed by atoms with Crippen LogP contribution < -0.4 is 11.1 Å². The summed E-state index contributed by atoms with van der Waals surface area (Å²) in [6.07, 6.45) is 3.48. The Balaban J connectivity index is 3.33. The molecule has 0 saturated heterocycles. The standard InChI is InChI=1S/C9H20N2O/c1-3-5-6-11-9(12)7-8(10)4-2/h8H,3-7,10H2,1-2H3,(H,11,12). The number of nitrogens with one attached hydrogen (secondary N) is 1. The lowest BCUT2D eigenvalue weighted by molar-refractivity contribution is -0.121. The van der Waals surface area contributed by atoms with Gasteiger partial charge in [-0.05, 0) is 12.8 Å². The normalized spacial score (nSPS) is 12.6. The fourth-order valence-electron chi connectivity index (χ4n) is 0.859. The van der Waals surface area contributed by atoms with Gasteiger partial charge in [0.2, 0.25) is 5.91 Å². The average molecular weight is 172 g/mol. The molecular weight excluding hydrogens is 152 g/mol. The van der Waals surface area contributed by atoms with E-state index in [1.807, 2.05) is 6.92 Å². The molecule has 0 radical (unpaired) electrons. The van der Waals surface area contributed by atoms with Crippen molar-refractivity contribution in [1.82, 2.24) is 5.32 Å². The highest BCUT2D eigenvalue weighted by atomic mass is 16.1. The van der Waals surface area contributed by atoms with E-state index in [9.17, 15) is 4.79 Å². The maximum Gasteiger partial charge on any atom is 0.221 e. The topological polar surface area (TPSA) is 55.1 Å². The minimum Gasteiger partial charge on any atom is -0.356 e. The third kappa shape index (κ3) is 6.16. The van der Waals surface area contributed by atoms with Crippen molar-refractivity contribution in [3.8, 4) is 0 Å². The summed E-state index contributed by atoms with van der Waals surface area (Å²) in [4.78, 5) is 11.1. The van der Waals surface area contributed by atoms with E-state index in [2.05, 4.69) is 12.2 Å². The van der Waals surface area contributed by atoms with Crippen LogP contribution in [0, 0.1) is 0 Å². The van der Waals surface area contributed by atoms with Crippen molar-refractivity contribution >= 4 is 5.91 Å². The van der Waals surface area contributed by atoms with Crippen molar-refractivity contribution in [2.24, 2.45) is 5.73 Å². The molecule has 12 heavy (non-hydrogen) atoms. The molecule has 0 rings (SSSR count). The number of carbonyl (C=O) groups is 1. The molecule has 0 aliphatic rings. The van der Waals surface area contributed by atoms with Crippen molar-refractivity contribution in [2.75, 3.05) is 6.54 Å². The second-order valence-electron chi connectivity index (χ2n) is 3.08. The van der Waals surface area contributed by atoms with E-state index in [-0.39, 0.29) is 11.9 Å². The van der Waals surface area contributed by atoms with Gasteiger partial charge in [-0.3, -0.25) is 4.79 Å². The maximum atomic E-state index is 11.1. The number of nitrogens with two attached hydrogens (primary N) is 1. The minimum atomic E-state index is 0.0200. The van der Waals surface area contributed by atoms with Gasteiger partial charge in [0.1, 0.15) is 0 Å². The Kier molecular flexibility index (Phi) is 6.76. The second kappa shape index (κ2) is 7.10. The zero-order chi connectivity index (χ0) is 9.40. The lowest BCUT2D eigenvalue weighted by Gasteiger charge is -2.08. The van der Waals surface area contributed by atoms with E-state index < -0.39 is 0 Å². The van der Waals surface area contributed by atoms with Gasteiger partial charge in [0.05, 0.1) is 0 Å². The lowest BCUT2D eigenvalue weighted by atomic mass is 10.1. The fraction of sp³-hybridized carbons (Fsp3) is 0.889. The highest BCUT2D eigenvalue weighted by Crippen LogP contribution is 1.93. The maximum absolute atomic E-state index is 11.1. The number of amides is 1. The summed E-state index contributed by atoms with van der Waals surface area (Å²) in [7, 11) is 0. The molecule has 0 saturated carbocycles. The number of rotatable bonds is 6. The van der Waals surface area contributed by atoms with E-state index in [1.54, 1.807) is 0 Å². The number of hydrogen-bond donors (Lipinski definition) is 2. The fourth-order valence-corrected chi connectivity index (χ4v) is 0.859. The van der Waals surface area contributed by atoms with E-state index in [0.717, 1.165) is 25.8 Å². The van der Waals surface area contributed by atoms with Gasteiger partial charge in [-0.25, -0.2) is 0 Å². The zero-order valence-electron chi connectivity index (χ0n) is 8.10. The first-order valence-corrected chi connectivity index (χ1v) is 4.73. The van der Waals surface area contributed by atoms with Gasteiger partial charge < -0.3 is 11.1 Å². The molecule has 0 aromatic rings. The molecule has 0 aromatic carbocycles. The van der Waals surface area contributed by atoms with E-state index in [1.165, 1.54) is 0 Å². The summed E-state index contributed by atoms with van der Waals surface area (Å²) in [6.45, 7) is 4.87.